The van der Waals surface area contributed by atoms with Gasteiger partial charge in [0.15, 0.2) is 0 Å². The maximum absolute atomic E-state index is 10.9. The van der Waals surface area contributed by atoms with Crippen molar-refractivity contribution in [3.63, 3.8) is 0 Å². The summed E-state index contributed by atoms with van der Waals surface area (Å²) in [6.45, 7) is 6.59. The highest BCUT2D eigenvalue weighted by Gasteiger charge is 1.99. The van der Waals surface area contributed by atoms with Gasteiger partial charge in [-0.15, -0.1) is 6.58 Å². The van der Waals surface area contributed by atoms with E-state index in [0.717, 1.165) is 31.7 Å². The molecule has 1 aromatic carbocycles. The average molecular weight is 248 g/mol. The molecule has 0 aliphatic rings. The van der Waals surface area contributed by atoms with Crippen molar-refractivity contribution in [2.45, 2.75) is 13.0 Å². The van der Waals surface area contributed by atoms with Crippen molar-refractivity contribution in [2.24, 2.45) is 5.73 Å². The second-order valence-corrected chi connectivity index (χ2v) is 3.93. The highest BCUT2D eigenvalue weighted by molar-refractivity contribution is 5.92. The molecule has 18 heavy (non-hydrogen) atoms. The maximum atomic E-state index is 10.9. The van der Waals surface area contributed by atoms with Crippen LogP contribution in [0.5, 0.6) is 0 Å². The van der Waals surface area contributed by atoms with Crippen LogP contribution in [0.3, 0.4) is 0 Å². The van der Waals surface area contributed by atoms with E-state index >= 15 is 0 Å². The second-order valence-electron chi connectivity index (χ2n) is 3.93. The third-order valence-electron chi connectivity index (χ3n) is 2.46. The van der Waals surface area contributed by atoms with Gasteiger partial charge in [-0.3, -0.25) is 4.79 Å². The molecule has 1 aromatic rings. The third kappa shape index (κ3) is 5.61. The molecule has 0 aromatic heterocycles. The van der Waals surface area contributed by atoms with Crippen LogP contribution in [-0.2, 0) is 11.3 Å². The molecule has 1 rings (SSSR count). The number of nitrogens with one attached hydrogen (secondary N) is 1. The second kappa shape index (κ2) is 8.44. The Hall–Kier alpha value is -1.65. The van der Waals surface area contributed by atoms with Crippen molar-refractivity contribution in [3.8, 4) is 0 Å². The van der Waals surface area contributed by atoms with E-state index in [9.17, 15) is 4.79 Å². The molecule has 0 aliphatic carbocycles. The number of primary amides is 1. The fraction of sp³-hybridized carbons (Fsp3) is 0.357. The lowest BCUT2D eigenvalue weighted by molar-refractivity contribution is 0.100. The first-order chi connectivity index (χ1) is 8.74. The zero-order chi connectivity index (χ0) is 13.2. The molecule has 0 unspecified atom stereocenters. The van der Waals surface area contributed by atoms with Gasteiger partial charge in [-0.1, -0.05) is 18.2 Å². The van der Waals surface area contributed by atoms with Gasteiger partial charge >= 0.3 is 0 Å². The van der Waals surface area contributed by atoms with Gasteiger partial charge in [-0.25, -0.2) is 0 Å². The van der Waals surface area contributed by atoms with E-state index in [0.29, 0.717) is 12.2 Å². The summed E-state index contributed by atoms with van der Waals surface area (Å²) in [7, 11) is 0. The van der Waals surface area contributed by atoms with Crippen molar-refractivity contribution < 1.29 is 9.53 Å². The van der Waals surface area contributed by atoms with E-state index < -0.39 is 5.91 Å². The molecule has 0 bridgehead atoms. The van der Waals surface area contributed by atoms with Crippen molar-refractivity contribution in [1.29, 1.82) is 0 Å². The summed E-state index contributed by atoms with van der Waals surface area (Å²) < 4.78 is 5.37. The lowest BCUT2D eigenvalue weighted by Crippen LogP contribution is -2.19. The van der Waals surface area contributed by atoms with Gasteiger partial charge < -0.3 is 15.8 Å². The Kier molecular flexibility index (Phi) is 6.76. The molecule has 0 saturated heterocycles. The molecule has 0 spiro atoms. The molecule has 98 valence electrons. The Bertz CT molecular complexity index is 374. The minimum absolute atomic E-state index is 0.398. The molecule has 4 heteroatoms. The van der Waals surface area contributed by atoms with E-state index in [4.69, 9.17) is 10.5 Å². The van der Waals surface area contributed by atoms with Crippen LogP contribution >= 0.6 is 0 Å². The first-order valence-electron chi connectivity index (χ1n) is 6.02. The van der Waals surface area contributed by atoms with Crippen LogP contribution < -0.4 is 11.1 Å². The molecule has 0 radical (unpaired) electrons. The fourth-order valence-corrected chi connectivity index (χ4v) is 1.43. The summed E-state index contributed by atoms with van der Waals surface area (Å²) >= 11 is 0. The normalized spacial score (nSPS) is 10.2. The van der Waals surface area contributed by atoms with Gasteiger partial charge in [-0.2, -0.15) is 0 Å². The van der Waals surface area contributed by atoms with Crippen LogP contribution in [0.1, 0.15) is 22.3 Å². The lowest BCUT2D eigenvalue weighted by Gasteiger charge is -2.06. The summed E-state index contributed by atoms with van der Waals surface area (Å²) in [6, 6.07) is 7.26. The van der Waals surface area contributed by atoms with Gasteiger partial charge in [-0.05, 0) is 24.1 Å². The monoisotopic (exact) mass is 248 g/mol. The smallest absolute Gasteiger partial charge is 0.248 e. The van der Waals surface area contributed by atoms with E-state index in [1.54, 1.807) is 12.1 Å². The number of hydrogen-bond acceptors (Lipinski definition) is 3. The quantitative estimate of drug-likeness (QED) is 0.514. The molecular weight excluding hydrogens is 228 g/mol. The Morgan fingerprint density at radius 3 is 2.67 bits per heavy atom. The number of ether oxygens (including phenoxy) is 1. The SMILES string of the molecule is C=CCCOCCNCc1ccc(C(N)=O)cc1. The summed E-state index contributed by atoms with van der Waals surface area (Å²) in [4.78, 5) is 10.9. The van der Waals surface area contributed by atoms with Crippen LogP contribution in [-0.4, -0.2) is 25.7 Å². The van der Waals surface area contributed by atoms with Crippen molar-refractivity contribution >= 4 is 5.91 Å². The minimum atomic E-state index is -0.398. The summed E-state index contributed by atoms with van der Waals surface area (Å²) in [5.74, 6) is -0.398. The van der Waals surface area contributed by atoms with Crippen LogP contribution in [0.4, 0.5) is 0 Å². The maximum Gasteiger partial charge on any atom is 0.248 e. The number of amides is 1. The van der Waals surface area contributed by atoms with Crippen LogP contribution in [0.15, 0.2) is 36.9 Å². The standard InChI is InChI=1S/C14H20N2O2/c1-2-3-9-18-10-8-16-11-12-4-6-13(7-5-12)14(15)17/h2,4-7,16H,1,3,8-11H2,(H2,15,17). The number of carbonyl (C=O) groups is 1. The number of carbonyl (C=O) groups excluding carboxylic acids is 1. The average Bonchev–Trinajstić information content (AvgIpc) is 2.38. The Labute approximate surface area is 108 Å². The largest absolute Gasteiger partial charge is 0.380 e. The first-order valence-corrected chi connectivity index (χ1v) is 6.02. The van der Waals surface area contributed by atoms with Crippen molar-refractivity contribution in [1.82, 2.24) is 5.32 Å². The van der Waals surface area contributed by atoms with Crippen LogP contribution in [0.25, 0.3) is 0 Å². The zero-order valence-electron chi connectivity index (χ0n) is 10.5. The molecule has 0 fully saturated rings. The molecule has 1 amide bonds. The molecule has 0 atom stereocenters. The molecular formula is C14H20N2O2. The number of hydrogen-bond donors (Lipinski definition) is 2. The van der Waals surface area contributed by atoms with Gasteiger partial charge in [0.05, 0.1) is 13.2 Å². The van der Waals surface area contributed by atoms with Gasteiger partial charge in [0.2, 0.25) is 5.91 Å². The predicted molar refractivity (Wildman–Crippen MR) is 72.3 cm³/mol. The van der Waals surface area contributed by atoms with Crippen molar-refractivity contribution in [2.75, 3.05) is 19.8 Å². The van der Waals surface area contributed by atoms with Crippen molar-refractivity contribution in [3.05, 3.63) is 48.0 Å². The number of rotatable bonds is 9. The number of nitrogens with two attached hydrogens (primary N) is 1. The van der Waals surface area contributed by atoms with E-state index in [2.05, 4.69) is 11.9 Å². The van der Waals surface area contributed by atoms with Crippen LogP contribution in [0, 0.1) is 0 Å². The lowest BCUT2D eigenvalue weighted by atomic mass is 10.1. The Morgan fingerprint density at radius 2 is 2.06 bits per heavy atom. The highest BCUT2D eigenvalue weighted by Crippen LogP contribution is 2.03. The van der Waals surface area contributed by atoms with E-state index in [1.165, 1.54) is 0 Å². The van der Waals surface area contributed by atoms with Crippen LogP contribution in [0.2, 0.25) is 0 Å². The molecule has 0 aliphatic heterocycles. The fourth-order valence-electron chi connectivity index (χ4n) is 1.43. The molecule has 0 heterocycles. The Balaban J connectivity index is 2.15. The van der Waals surface area contributed by atoms with Gasteiger partial charge in [0.25, 0.3) is 0 Å². The summed E-state index contributed by atoms with van der Waals surface area (Å²) in [6.07, 6.45) is 2.72. The number of benzene rings is 1. The summed E-state index contributed by atoms with van der Waals surface area (Å²) in [5.41, 5.74) is 6.82. The Morgan fingerprint density at radius 1 is 1.33 bits per heavy atom. The highest BCUT2D eigenvalue weighted by atomic mass is 16.5. The van der Waals surface area contributed by atoms with Gasteiger partial charge in [0, 0.05) is 18.7 Å². The van der Waals surface area contributed by atoms with E-state index in [1.807, 2.05) is 18.2 Å². The minimum Gasteiger partial charge on any atom is -0.380 e. The third-order valence-corrected chi connectivity index (χ3v) is 2.46. The van der Waals surface area contributed by atoms with E-state index in [-0.39, 0.29) is 0 Å². The molecule has 4 nitrogen and oxygen atoms in total. The molecule has 3 N–H and O–H groups in total. The zero-order valence-corrected chi connectivity index (χ0v) is 10.5. The summed E-state index contributed by atoms with van der Waals surface area (Å²) in [5, 5.41) is 3.26. The predicted octanol–water partition coefficient (Wildman–Crippen LogP) is 1.47. The van der Waals surface area contributed by atoms with Gasteiger partial charge in [0.1, 0.15) is 0 Å². The topological polar surface area (TPSA) is 64.3 Å². The first kappa shape index (κ1) is 14.4. The molecule has 0 saturated carbocycles.